The minimum Gasteiger partial charge on any atom is -0.351 e. The Kier molecular flexibility index (Phi) is 4.19. The third-order valence-corrected chi connectivity index (χ3v) is 2.11. The van der Waals surface area contributed by atoms with Crippen molar-refractivity contribution in [2.75, 3.05) is 6.54 Å². The Morgan fingerprint density at radius 1 is 1.60 bits per heavy atom. The van der Waals surface area contributed by atoms with Gasteiger partial charge in [-0.05, 0) is 18.2 Å². The lowest BCUT2D eigenvalue weighted by molar-refractivity contribution is 0.0954. The van der Waals surface area contributed by atoms with Gasteiger partial charge in [0.15, 0.2) is 0 Å². The second-order valence-corrected chi connectivity index (χ2v) is 3.36. The van der Waals surface area contributed by atoms with Gasteiger partial charge in [-0.2, -0.15) is 0 Å². The molecule has 1 aromatic rings. The SMILES string of the molecule is C#CCCNC(=O)c1ccc(F)c(S)c1. The van der Waals surface area contributed by atoms with Gasteiger partial charge in [0.25, 0.3) is 5.91 Å². The van der Waals surface area contributed by atoms with Gasteiger partial charge in [0.2, 0.25) is 0 Å². The van der Waals surface area contributed by atoms with Crippen LogP contribution in [0.2, 0.25) is 0 Å². The van der Waals surface area contributed by atoms with Crippen LogP contribution in [-0.2, 0) is 0 Å². The fourth-order valence-electron chi connectivity index (χ4n) is 1.00. The van der Waals surface area contributed by atoms with E-state index < -0.39 is 5.82 Å². The molecule has 0 aliphatic rings. The molecule has 0 aliphatic carbocycles. The lowest BCUT2D eigenvalue weighted by Crippen LogP contribution is -2.24. The number of rotatable bonds is 3. The molecular weight excluding hydrogens is 213 g/mol. The number of nitrogens with one attached hydrogen (secondary N) is 1. The molecule has 2 nitrogen and oxygen atoms in total. The second-order valence-electron chi connectivity index (χ2n) is 2.88. The lowest BCUT2D eigenvalue weighted by atomic mass is 10.2. The van der Waals surface area contributed by atoms with E-state index in [1.165, 1.54) is 18.2 Å². The predicted molar refractivity (Wildman–Crippen MR) is 59.4 cm³/mol. The molecule has 0 atom stereocenters. The van der Waals surface area contributed by atoms with Crippen LogP contribution in [0.15, 0.2) is 23.1 Å². The molecule has 0 aromatic heterocycles. The fraction of sp³-hybridized carbons (Fsp3) is 0.182. The highest BCUT2D eigenvalue weighted by molar-refractivity contribution is 7.80. The van der Waals surface area contributed by atoms with Crippen molar-refractivity contribution >= 4 is 18.5 Å². The Labute approximate surface area is 93.3 Å². The quantitative estimate of drug-likeness (QED) is 0.457. The largest absolute Gasteiger partial charge is 0.351 e. The van der Waals surface area contributed by atoms with Crippen molar-refractivity contribution in [3.05, 3.63) is 29.6 Å². The summed E-state index contributed by atoms with van der Waals surface area (Å²) in [5, 5.41) is 2.61. The Morgan fingerprint density at radius 3 is 2.93 bits per heavy atom. The first-order chi connectivity index (χ1) is 7.15. The van der Waals surface area contributed by atoms with E-state index in [1.54, 1.807) is 0 Å². The van der Waals surface area contributed by atoms with Gasteiger partial charge in [0, 0.05) is 23.4 Å². The van der Waals surface area contributed by atoms with E-state index in [0.29, 0.717) is 18.5 Å². The molecule has 4 heteroatoms. The van der Waals surface area contributed by atoms with Gasteiger partial charge in [0.05, 0.1) is 0 Å². The molecule has 0 radical (unpaired) electrons. The van der Waals surface area contributed by atoms with Crippen LogP contribution < -0.4 is 5.32 Å². The molecule has 0 fully saturated rings. The number of thiol groups is 1. The van der Waals surface area contributed by atoms with Gasteiger partial charge >= 0.3 is 0 Å². The van der Waals surface area contributed by atoms with E-state index in [0.717, 1.165) is 0 Å². The van der Waals surface area contributed by atoms with Gasteiger partial charge in [-0.15, -0.1) is 25.0 Å². The van der Waals surface area contributed by atoms with E-state index in [9.17, 15) is 9.18 Å². The zero-order valence-electron chi connectivity index (χ0n) is 7.96. The summed E-state index contributed by atoms with van der Waals surface area (Å²) in [6, 6.07) is 3.99. The smallest absolute Gasteiger partial charge is 0.251 e. The van der Waals surface area contributed by atoms with Crippen molar-refractivity contribution in [2.45, 2.75) is 11.3 Å². The highest BCUT2D eigenvalue weighted by atomic mass is 32.1. The number of benzene rings is 1. The first-order valence-electron chi connectivity index (χ1n) is 4.35. The first kappa shape index (κ1) is 11.6. The van der Waals surface area contributed by atoms with E-state index in [-0.39, 0.29) is 10.8 Å². The van der Waals surface area contributed by atoms with E-state index >= 15 is 0 Å². The molecule has 1 aromatic carbocycles. The van der Waals surface area contributed by atoms with Crippen LogP contribution in [0, 0.1) is 18.2 Å². The summed E-state index contributed by atoms with van der Waals surface area (Å²) in [4.78, 5) is 11.6. The Morgan fingerprint density at radius 2 is 2.33 bits per heavy atom. The average Bonchev–Trinajstić information content (AvgIpc) is 2.22. The molecule has 1 rings (SSSR count). The van der Waals surface area contributed by atoms with Crippen LogP contribution in [0.5, 0.6) is 0 Å². The van der Waals surface area contributed by atoms with Gasteiger partial charge in [-0.25, -0.2) is 4.39 Å². The van der Waals surface area contributed by atoms with Crippen molar-refractivity contribution in [2.24, 2.45) is 0 Å². The van der Waals surface area contributed by atoms with Crippen molar-refractivity contribution in [3.8, 4) is 12.3 Å². The minimum atomic E-state index is -0.446. The van der Waals surface area contributed by atoms with Crippen LogP contribution in [0.3, 0.4) is 0 Å². The standard InChI is InChI=1S/C11H10FNOS/c1-2-3-6-13-11(14)8-4-5-9(12)10(15)7-8/h1,4-5,7,15H,3,6H2,(H,13,14). The molecule has 1 N–H and O–H groups in total. The van der Waals surface area contributed by atoms with Gasteiger partial charge < -0.3 is 5.32 Å². The zero-order valence-corrected chi connectivity index (χ0v) is 8.85. The predicted octanol–water partition coefficient (Wildman–Crippen LogP) is 1.87. The molecule has 0 heterocycles. The molecule has 1 amide bonds. The van der Waals surface area contributed by atoms with Crippen molar-refractivity contribution in [3.63, 3.8) is 0 Å². The lowest BCUT2D eigenvalue weighted by Gasteiger charge is -2.03. The number of halogens is 1. The van der Waals surface area contributed by atoms with Gasteiger partial charge in [-0.3, -0.25) is 4.79 Å². The average molecular weight is 223 g/mol. The summed E-state index contributed by atoms with van der Waals surface area (Å²) in [6.45, 7) is 0.411. The number of hydrogen-bond donors (Lipinski definition) is 2. The molecule has 0 aliphatic heterocycles. The van der Waals surface area contributed by atoms with Crippen LogP contribution in [0.1, 0.15) is 16.8 Å². The topological polar surface area (TPSA) is 29.1 Å². The zero-order chi connectivity index (χ0) is 11.3. The van der Waals surface area contributed by atoms with Gasteiger partial charge in [0.1, 0.15) is 5.82 Å². The van der Waals surface area contributed by atoms with Crippen molar-refractivity contribution in [1.29, 1.82) is 0 Å². The fourth-order valence-corrected chi connectivity index (χ4v) is 1.22. The maximum Gasteiger partial charge on any atom is 0.251 e. The summed E-state index contributed by atoms with van der Waals surface area (Å²) in [5.41, 5.74) is 0.374. The molecule has 78 valence electrons. The summed E-state index contributed by atoms with van der Waals surface area (Å²) < 4.78 is 12.8. The normalized spacial score (nSPS) is 9.40. The Hall–Kier alpha value is -1.47. The van der Waals surface area contributed by atoms with Crippen LogP contribution in [-0.4, -0.2) is 12.5 Å². The maximum atomic E-state index is 12.8. The number of carbonyl (C=O) groups excluding carboxylic acids is 1. The van der Waals surface area contributed by atoms with E-state index in [1.807, 2.05) is 0 Å². The van der Waals surface area contributed by atoms with E-state index in [4.69, 9.17) is 6.42 Å². The number of amides is 1. The maximum absolute atomic E-state index is 12.8. The van der Waals surface area contributed by atoms with Gasteiger partial charge in [-0.1, -0.05) is 0 Å². The van der Waals surface area contributed by atoms with Crippen molar-refractivity contribution < 1.29 is 9.18 Å². The first-order valence-corrected chi connectivity index (χ1v) is 4.80. The number of hydrogen-bond acceptors (Lipinski definition) is 2. The third kappa shape index (κ3) is 3.30. The Bertz CT molecular complexity index is 412. The third-order valence-electron chi connectivity index (χ3n) is 1.76. The minimum absolute atomic E-state index is 0.152. The Balaban J connectivity index is 2.67. The van der Waals surface area contributed by atoms with Crippen LogP contribution in [0.4, 0.5) is 4.39 Å². The van der Waals surface area contributed by atoms with Crippen molar-refractivity contribution in [1.82, 2.24) is 5.32 Å². The molecule has 0 unspecified atom stereocenters. The molecule has 0 saturated carbocycles. The summed E-state index contributed by atoms with van der Waals surface area (Å²) in [5.74, 6) is 1.68. The van der Waals surface area contributed by atoms with Crippen LogP contribution in [0.25, 0.3) is 0 Å². The van der Waals surface area contributed by atoms with Crippen LogP contribution >= 0.6 is 12.6 Å². The monoisotopic (exact) mass is 223 g/mol. The van der Waals surface area contributed by atoms with E-state index in [2.05, 4.69) is 23.9 Å². The summed E-state index contributed by atoms with van der Waals surface area (Å²) in [6.07, 6.45) is 5.51. The molecular formula is C11H10FNOS. The summed E-state index contributed by atoms with van der Waals surface area (Å²) in [7, 11) is 0. The highest BCUT2D eigenvalue weighted by Gasteiger charge is 2.06. The number of carbonyl (C=O) groups is 1. The molecule has 0 bridgehead atoms. The number of terminal acetylenes is 1. The second kappa shape index (κ2) is 5.42. The molecule has 0 spiro atoms. The highest BCUT2D eigenvalue weighted by Crippen LogP contribution is 2.13. The summed E-state index contributed by atoms with van der Waals surface area (Å²) >= 11 is 3.88. The molecule has 15 heavy (non-hydrogen) atoms. The molecule has 0 saturated heterocycles.